The molecule has 1 saturated heterocycles. The van der Waals surface area contributed by atoms with Crippen molar-refractivity contribution in [3.63, 3.8) is 0 Å². The molecule has 0 saturated carbocycles. The first-order valence-electron chi connectivity index (χ1n) is 9.41. The Morgan fingerprint density at radius 3 is 2.86 bits per heavy atom. The predicted molar refractivity (Wildman–Crippen MR) is 103 cm³/mol. The van der Waals surface area contributed by atoms with Crippen LogP contribution in [0.5, 0.6) is 5.75 Å². The summed E-state index contributed by atoms with van der Waals surface area (Å²) in [6.45, 7) is 3.98. The van der Waals surface area contributed by atoms with Crippen LogP contribution in [0.4, 0.5) is 0 Å². The number of nitrogens with zero attached hydrogens (tertiary/aromatic N) is 4. The summed E-state index contributed by atoms with van der Waals surface area (Å²) < 4.78 is 11.2. The molecule has 0 atom stereocenters. The first-order chi connectivity index (χ1) is 13.7. The van der Waals surface area contributed by atoms with Crippen molar-refractivity contribution < 1.29 is 14.1 Å². The molecule has 1 aliphatic heterocycles. The lowest BCUT2D eigenvalue weighted by Crippen LogP contribution is -2.39. The van der Waals surface area contributed by atoms with E-state index in [9.17, 15) is 4.79 Å². The zero-order valence-electron chi connectivity index (χ0n) is 15.7. The van der Waals surface area contributed by atoms with E-state index in [1.807, 2.05) is 36.1 Å². The average molecular weight is 378 g/mol. The van der Waals surface area contributed by atoms with Gasteiger partial charge in [0.05, 0.1) is 6.61 Å². The molecular weight excluding hydrogens is 356 g/mol. The molecule has 0 radical (unpaired) electrons. The molecule has 4 heterocycles. The number of piperidine rings is 1. The van der Waals surface area contributed by atoms with Crippen LogP contribution in [0.25, 0.3) is 11.3 Å². The molecule has 3 aromatic heterocycles. The monoisotopic (exact) mass is 378 g/mol. The van der Waals surface area contributed by atoms with Gasteiger partial charge in [-0.05, 0) is 43.9 Å². The van der Waals surface area contributed by atoms with Crippen LogP contribution < -0.4 is 4.74 Å². The van der Waals surface area contributed by atoms with Crippen LogP contribution in [-0.2, 0) is 0 Å². The molecule has 0 aliphatic carbocycles. The van der Waals surface area contributed by atoms with Crippen molar-refractivity contribution in [3.05, 3.63) is 60.3 Å². The molecule has 0 aromatic carbocycles. The fourth-order valence-electron chi connectivity index (χ4n) is 3.31. The summed E-state index contributed by atoms with van der Waals surface area (Å²) in [6.07, 6.45) is 6.94. The van der Waals surface area contributed by atoms with E-state index in [4.69, 9.17) is 9.26 Å². The van der Waals surface area contributed by atoms with Gasteiger partial charge in [-0.2, -0.15) is 0 Å². The first-order valence-corrected chi connectivity index (χ1v) is 9.41. The second-order valence-corrected chi connectivity index (χ2v) is 7.00. The molecule has 0 unspecified atom stereocenters. The van der Waals surface area contributed by atoms with Gasteiger partial charge in [-0.1, -0.05) is 5.16 Å². The van der Waals surface area contributed by atoms with E-state index in [1.54, 1.807) is 24.7 Å². The highest BCUT2D eigenvalue weighted by Crippen LogP contribution is 2.23. The molecule has 1 amide bonds. The Morgan fingerprint density at radius 2 is 2.11 bits per heavy atom. The normalized spacial score (nSPS) is 14.8. The summed E-state index contributed by atoms with van der Waals surface area (Å²) in [5.74, 6) is 1.73. The lowest BCUT2D eigenvalue weighted by atomic mass is 9.97. The first kappa shape index (κ1) is 18.2. The highest BCUT2D eigenvalue weighted by molar-refractivity contribution is 5.93. The molecule has 1 aliphatic rings. The number of pyridine rings is 2. The maximum absolute atomic E-state index is 12.7. The number of ether oxygens (including phenoxy) is 1. The molecule has 4 rings (SSSR count). The Labute approximate surface area is 163 Å². The Balaban J connectivity index is 1.30. The second-order valence-electron chi connectivity index (χ2n) is 7.00. The predicted octanol–water partition coefficient (Wildman–Crippen LogP) is 3.37. The molecule has 0 spiro atoms. The zero-order chi connectivity index (χ0) is 19.3. The van der Waals surface area contributed by atoms with Crippen LogP contribution in [0, 0.1) is 12.8 Å². The van der Waals surface area contributed by atoms with E-state index in [1.165, 1.54) is 0 Å². The molecule has 1 fully saturated rings. The van der Waals surface area contributed by atoms with Crippen LogP contribution in [0.2, 0.25) is 0 Å². The van der Waals surface area contributed by atoms with E-state index < -0.39 is 0 Å². The maximum Gasteiger partial charge on any atom is 0.276 e. The summed E-state index contributed by atoms with van der Waals surface area (Å²) in [4.78, 5) is 22.8. The largest absolute Gasteiger partial charge is 0.493 e. The van der Waals surface area contributed by atoms with Crippen LogP contribution in [0.1, 0.15) is 29.0 Å². The molecule has 3 aromatic rings. The minimum Gasteiger partial charge on any atom is -0.493 e. The number of likely N-dealkylation sites (tertiary alicyclic amines) is 1. The molecule has 7 nitrogen and oxygen atoms in total. The van der Waals surface area contributed by atoms with Crippen molar-refractivity contribution in [2.75, 3.05) is 19.7 Å². The third kappa shape index (κ3) is 4.19. The van der Waals surface area contributed by atoms with Gasteiger partial charge in [-0.3, -0.25) is 14.8 Å². The lowest BCUT2D eigenvalue weighted by molar-refractivity contribution is 0.0651. The fourth-order valence-corrected chi connectivity index (χ4v) is 3.31. The number of aromatic nitrogens is 3. The van der Waals surface area contributed by atoms with E-state index in [0.29, 0.717) is 37.1 Å². The van der Waals surface area contributed by atoms with Gasteiger partial charge in [0, 0.05) is 55.1 Å². The third-order valence-corrected chi connectivity index (χ3v) is 4.93. The van der Waals surface area contributed by atoms with Gasteiger partial charge in [-0.15, -0.1) is 0 Å². The summed E-state index contributed by atoms with van der Waals surface area (Å²) in [6, 6.07) is 9.18. The smallest absolute Gasteiger partial charge is 0.276 e. The van der Waals surface area contributed by atoms with Gasteiger partial charge in [0.2, 0.25) is 0 Å². The topological polar surface area (TPSA) is 81.4 Å². The van der Waals surface area contributed by atoms with Gasteiger partial charge in [0.15, 0.2) is 11.5 Å². The number of carbonyl (C=O) groups excluding carboxylic acids is 1. The summed E-state index contributed by atoms with van der Waals surface area (Å²) in [5.41, 5.74) is 2.08. The van der Waals surface area contributed by atoms with Gasteiger partial charge < -0.3 is 14.2 Å². The fraction of sp³-hybridized carbons (Fsp3) is 0.333. The number of rotatable bonds is 5. The Morgan fingerprint density at radius 1 is 1.25 bits per heavy atom. The van der Waals surface area contributed by atoms with Gasteiger partial charge in [0.1, 0.15) is 5.75 Å². The number of hydrogen-bond donors (Lipinski definition) is 0. The second kappa shape index (κ2) is 8.21. The number of carbonyl (C=O) groups is 1. The Kier molecular flexibility index (Phi) is 5.32. The van der Waals surface area contributed by atoms with Crippen LogP contribution >= 0.6 is 0 Å². The molecule has 7 heteroatoms. The highest BCUT2D eigenvalue weighted by atomic mass is 16.5. The van der Waals surface area contributed by atoms with Crippen molar-refractivity contribution in [1.82, 2.24) is 20.0 Å². The Bertz CT molecular complexity index is 934. The third-order valence-electron chi connectivity index (χ3n) is 4.93. The highest BCUT2D eigenvalue weighted by Gasteiger charge is 2.26. The van der Waals surface area contributed by atoms with Crippen LogP contribution in [0.15, 0.2) is 53.4 Å². The molecule has 28 heavy (non-hydrogen) atoms. The molecule has 0 N–H and O–H groups in total. The van der Waals surface area contributed by atoms with E-state index in [-0.39, 0.29) is 5.91 Å². The van der Waals surface area contributed by atoms with E-state index >= 15 is 0 Å². The summed E-state index contributed by atoms with van der Waals surface area (Å²) >= 11 is 0. The zero-order valence-corrected chi connectivity index (χ0v) is 15.7. The van der Waals surface area contributed by atoms with E-state index in [2.05, 4.69) is 15.1 Å². The van der Waals surface area contributed by atoms with Crippen LogP contribution in [0.3, 0.4) is 0 Å². The maximum atomic E-state index is 12.7. The van der Waals surface area contributed by atoms with Crippen LogP contribution in [-0.4, -0.2) is 45.6 Å². The SMILES string of the molecule is Cc1cc(OCC2CCN(C(=O)c3cc(-c4cccnc4)on3)CC2)ccn1. The van der Waals surface area contributed by atoms with E-state index in [0.717, 1.165) is 29.8 Å². The van der Waals surface area contributed by atoms with Gasteiger partial charge in [0.25, 0.3) is 5.91 Å². The molecule has 144 valence electrons. The molecule has 0 bridgehead atoms. The standard InChI is InChI=1S/C21H22N4O3/c1-15-11-18(4-8-23-15)27-14-16-5-9-25(10-6-16)21(26)19-12-20(28-24-19)17-3-2-7-22-13-17/h2-4,7-8,11-13,16H,5-6,9-10,14H2,1H3. The van der Waals surface area contributed by atoms with Crippen molar-refractivity contribution in [3.8, 4) is 17.1 Å². The lowest BCUT2D eigenvalue weighted by Gasteiger charge is -2.31. The minimum absolute atomic E-state index is 0.0944. The Hall–Kier alpha value is -3.22. The van der Waals surface area contributed by atoms with Crippen molar-refractivity contribution in [1.29, 1.82) is 0 Å². The van der Waals surface area contributed by atoms with Crippen molar-refractivity contribution in [2.24, 2.45) is 5.92 Å². The van der Waals surface area contributed by atoms with Crippen molar-refractivity contribution in [2.45, 2.75) is 19.8 Å². The summed E-state index contributed by atoms with van der Waals surface area (Å²) in [7, 11) is 0. The summed E-state index contributed by atoms with van der Waals surface area (Å²) in [5, 5.41) is 3.95. The van der Waals surface area contributed by atoms with Gasteiger partial charge in [-0.25, -0.2) is 0 Å². The number of aryl methyl sites for hydroxylation is 1. The number of amides is 1. The minimum atomic E-state index is -0.0944. The average Bonchev–Trinajstić information content (AvgIpc) is 3.23. The number of hydrogen-bond acceptors (Lipinski definition) is 6. The van der Waals surface area contributed by atoms with Gasteiger partial charge >= 0.3 is 0 Å². The van der Waals surface area contributed by atoms with Crippen molar-refractivity contribution >= 4 is 5.91 Å². The molecular formula is C21H22N4O3. The quantitative estimate of drug-likeness (QED) is 0.677.